The lowest BCUT2D eigenvalue weighted by Gasteiger charge is -2.40. The number of hydrogen-bond donors (Lipinski definition) is 3. The third-order valence-corrected chi connectivity index (χ3v) is 3.10. The van der Waals surface area contributed by atoms with E-state index in [9.17, 15) is 29.6 Å². The van der Waals surface area contributed by atoms with Crippen molar-refractivity contribution in [2.75, 3.05) is 34.0 Å². The maximum atomic E-state index is 12.6. The van der Waals surface area contributed by atoms with Crippen LogP contribution < -0.4 is 5.11 Å². The lowest BCUT2D eigenvalue weighted by molar-refractivity contribution is -0.903. The van der Waals surface area contributed by atoms with Crippen molar-refractivity contribution in [3.05, 3.63) is 0 Å². The molecule has 1 saturated heterocycles. The van der Waals surface area contributed by atoms with Crippen LogP contribution in [-0.4, -0.2) is 90.5 Å². The number of aliphatic hydroxyl groups excluding tert-OH is 3. The molecule has 1 heterocycles. The Kier molecular flexibility index (Phi) is 5.80. The van der Waals surface area contributed by atoms with Crippen LogP contribution in [0.2, 0.25) is 0 Å². The van der Waals surface area contributed by atoms with Crippen LogP contribution in [0.5, 0.6) is 0 Å². The Morgan fingerprint density at radius 3 is 2.40 bits per heavy atom. The molecule has 1 aliphatic rings. The largest absolute Gasteiger partial charge is 0.547 e. The van der Waals surface area contributed by atoms with E-state index in [0.29, 0.717) is 0 Å². The average molecular weight is 297 g/mol. The fourth-order valence-corrected chi connectivity index (χ4v) is 1.66. The first-order chi connectivity index (χ1) is 9.19. The number of ether oxygens (including phenoxy) is 2. The van der Waals surface area contributed by atoms with Crippen molar-refractivity contribution in [1.29, 1.82) is 0 Å². The number of aliphatic hydroxyl groups is 3. The summed E-state index contributed by atoms with van der Waals surface area (Å²) in [4.78, 5) is 10.7. The van der Waals surface area contributed by atoms with E-state index in [1.54, 1.807) is 14.1 Å². The summed E-state index contributed by atoms with van der Waals surface area (Å²) in [6, 6.07) is 0. The van der Waals surface area contributed by atoms with Gasteiger partial charge in [-0.2, -0.15) is 4.39 Å². The van der Waals surface area contributed by atoms with Gasteiger partial charge in [-0.15, -0.1) is 0 Å². The number of carboxylic acid groups (broad SMARTS) is 1. The lowest BCUT2D eigenvalue weighted by Crippen LogP contribution is -2.62. The van der Waals surface area contributed by atoms with Gasteiger partial charge in [-0.25, -0.2) is 0 Å². The molecule has 0 spiro atoms. The molecule has 0 aromatic heterocycles. The number of halogens is 1. The van der Waals surface area contributed by atoms with Gasteiger partial charge in [-0.05, 0) is 0 Å². The zero-order chi connectivity index (χ0) is 15.5. The Balaban J connectivity index is 2.58. The second-order valence-electron chi connectivity index (χ2n) is 5.37. The predicted octanol–water partition coefficient (Wildman–Crippen LogP) is -3.44. The maximum absolute atomic E-state index is 12.6. The smallest absolute Gasteiger partial charge is 0.221 e. The average Bonchev–Trinajstić information content (AvgIpc) is 2.38. The van der Waals surface area contributed by atoms with Gasteiger partial charge in [0.2, 0.25) is 6.80 Å². The molecule has 118 valence electrons. The van der Waals surface area contributed by atoms with Gasteiger partial charge in [0.15, 0.2) is 6.29 Å². The molecular formula is C11H20FNO7. The Labute approximate surface area is 115 Å². The monoisotopic (exact) mass is 297 g/mol. The van der Waals surface area contributed by atoms with E-state index < -0.39 is 43.5 Å². The van der Waals surface area contributed by atoms with E-state index in [-0.39, 0.29) is 17.6 Å². The van der Waals surface area contributed by atoms with Gasteiger partial charge in [0.05, 0.1) is 26.7 Å². The van der Waals surface area contributed by atoms with Crippen LogP contribution in [0, 0.1) is 0 Å². The summed E-state index contributed by atoms with van der Waals surface area (Å²) >= 11 is 0. The Morgan fingerprint density at radius 1 is 1.30 bits per heavy atom. The second-order valence-corrected chi connectivity index (χ2v) is 5.37. The number of quaternary nitrogens is 1. The van der Waals surface area contributed by atoms with Gasteiger partial charge in [-0.1, -0.05) is 0 Å². The topological polar surface area (TPSA) is 119 Å². The van der Waals surface area contributed by atoms with Crippen molar-refractivity contribution in [3.8, 4) is 0 Å². The van der Waals surface area contributed by atoms with Gasteiger partial charge in [0.25, 0.3) is 0 Å². The first-order valence-electron chi connectivity index (χ1n) is 6.09. The standard InChI is InChI=1S/C11H20FNO7/c1-13(2,5-12)3-4-19-11-8(16)6(14)7(15)9(20-11)10(17)18/h6-9,11,14-16H,3-5H2,1-2H3/t6-,7-,8+,9-,11+/m0/s1. The first kappa shape index (κ1) is 17.2. The molecule has 0 aromatic carbocycles. The third-order valence-electron chi connectivity index (χ3n) is 3.10. The number of carboxylic acids is 1. The molecule has 3 N–H and O–H groups in total. The summed E-state index contributed by atoms with van der Waals surface area (Å²) in [7, 11) is 3.23. The SMILES string of the molecule is C[N+](C)(CF)CCO[C@@H]1O[C@H](C(=O)[O-])[C@@H](O)[C@H](O)[C@H]1O. The van der Waals surface area contributed by atoms with Crippen molar-refractivity contribution < 1.29 is 43.6 Å². The fraction of sp³-hybridized carbons (Fsp3) is 0.909. The molecule has 0 saturated carbocycles. The molecule has 0 amide bonds. The van der Waals surface area contributed by atoms with Crippen molar-refractivity contribution in [2.24, 2.45) is 0 Å². The fourth-order valence-electron chi connectivity index (χ4n) is 1.66. The maximum Gasteiger partial charge on any atom is 0.221 e. The summed E-state index contributed by atoms with van der Waals surface area (Å²) in [5.41, 5.74) is 0. The number of rotatable bonds is 6. The number of hydrogen-bond acceptors (Lipinski definition) is 7. The molecule has 20 heavy (non-hydrogen) atoms. The van der Waals surface area contributed by atoms with Crippen LogP contribution in [0.3, 0.4) is 0 Å². The molecule has 0 bridgehead atoms. The summed E-state index contributed by atoms with van der Waals surface area (Å²) < 4.78 is 22.5. The van der Waals surface area contributed by atoms with Crippen molar-refractivity contribution in [2.45, 2.75) is 30.7 Å². The minimum atomic E-state index is -1.81. The molecular weight excluding hydrogens is 277 g/mol. The van der Waals surface area contributed by atoms with Gasteiger partial charge >= 0.3 is 0 Å². The van der Waals surface area contributed by atoms with E-state index >= 15 is 0 Å². The van der Waals surface area contributed by atoms with Crippen molar-refractivity contribution in [3.63, 3.8) is 0 Å². The molecule has 0 unspecified atom stereocenters. The highest BCUT2D eigenvalue weighted by atomic mass is 19.1. The summed E-state index contributed by atoms with van der Waals surface area (Å²) in [5.74, 6) is -1.73. The molecule has 0 aliphatic carbocycles. The van der Waals surface area contributed by atoms with Crippen LogP contribution in [0.4, 0.5) is 4.39 Å². The number of alkyl halides is 1. The van der Waals surface area contributed by atoms with Crippen LogP contribution >= 0.6 is 0 Å². The number of carbonyl (C=O) groups is 1. The second kappa shape index (κ2) is 6.74. The first-order valence-corrected chi connectivity index (χ1v) is 6.09. The molecule has 1 rings (SSSR count). The molecule has 0 aromatic rings. The van der Waals surface area contributed by atoms with Crippen molar-refractivity contribution in [1.82, 2.24) is 0 Å². The normalized spacial score (nSPS) is 35.0. The van der Waals surface area contributed by atoms with E-state index in [4.69, 9.17) is 9.47 Å². The molecule has 0 radical (unpaired) electrons. The molecule has 8 nitrogen and oxygen atoms in total. The van der Waals surface area contributed by atoms with Gasteiger partial charge in [-0.3, -0.25) is 0 Å². The number of likely N-dealkylation sites (N-methyl/N-ethyl adjacent to an activating group) is 1. The minimum Gasteiger partial charge on any atom is -0.547 e. The zero-order valence-corrected chi connectivity index (χ0v) is 11.3. The minimum absolute atomic E-state index is 0.0118. The highest BCUT2D eigenvalue weighted by Crippen LogP contribution is 2.22. The van der Waals surface area contributed by atoms with Crippen LogP contribution in [0.15, 0.2) is 0 Å². The molecule has 9 heteroatoms. The lowest BCUT2D eigenvalue weighted by atomic mass is 9.99. The van der Waals surface area contributed by atoms with E-state index in [1.165, 1.54) is 0 Å². The number of carbonyl (C=O) groups excluding carboxylic acids is 1. The summed E-state index contributed by atoms with van der Waals surface area (Å²) in [6.45, 7) is -0.403. The molecule has 1 aliphatic heterocycles. The van der Waals surface area contributed by atoms with E-state index in [2.05, 4.69) is 0 Å². The number of nitrogens with zero attached hydrogens (tertiary/aromatic N) is 1. The highest BCUT2D eigenvalue weighted by Gasteiger charge is 2.44. The van der Waals surface area contributed by atoms with Crippen LogP contribution in [0.1, 0.15) is 0 Å². The van der Waals surface area contributed by atoms with Crippen LogP contribution in [-0.2, 0) is 14.3 Å². The van der Waals surface area contributed by atoms with Crippen LogP contribution in [0.25, 0.3) is 0 Å². The zero-order valence-electron chi connectivity index (χ0n) is 11.3. The highest BCUT2D eigenvalue weighted by molar-refractivity contribution is 5.71. The van der Waals surface area contributed by atoms with Crippen molar-refractivity contribution >= 4 is 5.97 Å². The van der Waals surface area contributed by atoms with E-state index in [1.807, 2.05) is 0 Å². The number of aliphatic carboxylic acids is 1. The predicted molar refractivity (Wildman–Crippen MR) is 60.6 cm³/mol. The van der Waals surface area contributed by atoms with E-state index in [0.717, 1.165) is 0 Å². The van der Waals surface area contributed by atoms with Gasteiger partial charge < -0.3 is 39.2 Å². The summed E-state index contributed by atoms with van der Waals surface area (Å²) in [6.07, 6.45) is -8.40. The summed E-state index contributed by atoms with van der Waals surface area (Å²) in [5, 5.41) is 39.3. The van der Waals surface area contributed by atoms with Gasteiger partial charge in [0, 0.05) is 0 Å². The van der Waals surface area contributed by atoms with Gasteiger partial charge in [0.1, 0.15) is 31.0 Å². The third kappa shape index (κ3) is 4.08. The Bertz CT molecular complexity index is 341. The quantitative estimate of drug-likeness (QED) is 0.345. The Morgan fingerprint density at radius 2 is 1.90 bits per heavy atom. The molecule has 1 fully saturated rings. The molecule has 5 atom stereocenters. The Hall–Kier alpha value is -0.840.